The van der Waals surface area contributed by atoms with Crippen molar-refractivity contribution in [2.45, 2.75) is 39.3 Å². The number of nitrogens with one attached hydrogen (secondary N) is 1. The van der Waals surface area contributed by atoms with Crippen LogP contribution in [0.3, 0.4) is 0 Å². The van der Waals surface area contributed by atoms with Crippen LogP contribution in [0.4, 0.5) is 0 Å². The van der Waals surface area contributed by atoms with Crippen molar-refractivity contribution in [2.75, 3.05) is 0 Å². The Balaban J connectivity index is 2.33. The van der Waals surface area contributed by atoms with Gasteiger partial charge in [0.2, 0.25) is 5.91 Å². The quantitative estimate of drug-likeness (QED) is 0.826. The maximum atomic E-state index is 11.9. The number of hydrogen-bond acceptors (Lipinski definition) is 3. The molecule has 6 nitrogen and oxygen atoms in total. The van der Waals surface area contributed by atoms with Gasteiger partial charge in [-0.2, -0.15) is 0 Å². The second-order valence-electron chi connectivity index (χ2n) is 4.86. The summed E-state index contributed by atoms with van der Waals surface area (Å²) in [6.45, 7) is 2.98. The van der Waals surface area contributed by atoms with Gasteiger partial charge in [-0.1, -0.05) is 0 Å². The van der Waals surface area contributed by atoms with Gasteiger partial charge in [0.15, 0.2) is 0 Å². The Hall–Kier alpha value is -2.11. The summed E-state index contributed by atoms with van der Waals surface area (Å²) < 4.78 is 1.20. The molecule has 0 aromatic carbocycles. The number of aromatic nitrogens is 1. The molecule has 1 aliphatic carbocycles. The number of carboxylic acids is 1. The van der Waals surface area contributed by atoms with Crippen molar-refractivity contribution in [3.63, 3.8) is 0 Å². The van der Waals surface area contributed by atoms with Crippen molar-refractivity contribution in [3.8, 4) is 0 Å². The van der Waals surface area contributed by atoms with Crippen LogP contribution in [0.2, 0.25) is 0 Å². The molecule has 1 aliphatic rings. The summed E-state index contributed by atoms with van der Waals surface area (Å²) in [6.07, 6.45) is 1.93. The Bertz CT molecular complexity index is 599. The monoisotopic (exact) mass is 264 g/mol. The van der Waals surface area contributed by atoms with Crippen LogP contribution in [0.25, 0.3) is 0 Å². The van der Waals surface area contributed by atoms with Crippen LogP contribution in [-0.4, -0.2) is 27.6 Å². The van der Waals surface area contributed by atoms with E-state index in [1.54, 1.807) is 13.8 Å². The average molecular weight is 264 g/mol. The van der Waals surface area contributed by atoms with Crippen LogP contribution in [-0.2, 0) is 11.3 Å². The molecule has 1 saturated carbocycles. The number of aromatic carboxylic acids is 1. The van der Waals surface area contributed by atoms with Gasteiger partial charge in [-0.15, -0.1) is 0 Å². The van der Waals surface area contributed by atoms with Gasteiger partial charge in [0.05, 0.1) is 5.56 Å². The van der Waals surface area contributed by atoms with Crippen LogP contribution >= 0.6 is 0 Å². The molecule has 6 heteroatoms. The number of aryl methyl sites for hydroxylation is 1. The molecular weight excluding hydrogens is 248 g/mol. The molecule has 0 bridgehead atoms. The normalized spacial score (nSPS) is 14.2. The highest BCUT2D eigenvalue weighted by Crippen LogP contribution is 2.18. The van der Waals surface area contributed by atoms with Gasteiger partial charge in [-0.25, -0.2) is 4.79 Å². The Morgan fingerprint density at radius 3 is 2.58 bits per heavy atom. The summed E-state index contributed by atoms with van der Waals surface area (Å²) in [6, 6.07) is 1.47. The third-order valence-corrected chi connectivity index (χ3v) is 3.23. The first-order chi connectivity index (χ1) is 8.90. The van der Waals surface area contributed by atoms with Gasteiger partial charge >= 0.3 is 5.97 Å². The fourth-order valence-electron chi connectivity index (χ4n) is 2.09. The zero-order chi connectivity index (χ0) is 14.2. The summed E-state index contributed by atoms with van der Waals surface area (Å²) in [4.78, 5) is 34.7. The molecule has 0 unspecified atom stereocenters. The molecule has 102 valence electrons. The zero-order valence-electron chi connectivity index (χ0n) is 10.9. The molecule has 0 spiro atoms. The minimum atomic E-state index is -1.09. The summed E-state index contributed by atoms with van der Waals surface area (Å²) >= 11 is 0. The predicted octanol–water partition coefficient (Wildman–Crippen LogP) is 0.442. The van der Waals surface area contributed by atoms with E-state index in [4.69, 9.17) is 5.11 Å². The molecule has 0 radical (unpaired) electrons. The third kappa shape index (κ3) is 2.83. The number of pyridine rings is 1. The first-order valence-corrected chi connectivity index (χ1v) is 6.14. The first-order valence-electron chi connectivity index (χ1n) is 6.14. The number of carboxylic acid groups (broad SMARTS) is 1. The van der Waals surface area contributed by atoms with E-state index >= 15 is 0 Å². The van der Waals surface area contributed by atoms with Crippen molar-refractivity contribution in [2.24, 2.45) is 0 Å². The maximum absolute atomic E-state index is 11.9. The van der Waals surface area contributed by atoms with Crippen molar-refractivity contribution >= 4 is 11.9 Å². The molecule has 19 heavy (non-hydrogen) atoms. The Morgan fingerprint density at radius 1 is 1.42 bits per heavy atom. The molecule has 2 rings (SSSR count). The van der Waals surface area contributed by atoms with Crippen molar-refractivity contribution in [1.82, 2.24) is 9.88 Å². The Labute approximate surface area is 110 Å². The lowest BCUT2D eigenvalue weighted by atomic mass is 10.1. The van der Waals surface area contributed by atoms with E-state index in [1.807, 2.05) is 0 Å². The van der Waals surface area contributed by atoms with E-state index in [0.717, 1.165) is 12.8 Å². The lowest BCUT2D eigenvalue weighted by molar-refractivity contribution is -0.121. The van der Waals surface area contributed by atoms with Gasteiger partial charge in [0.1, 0.15) is 6.54 Å². The number of carbonyl (C=O) groups is 2. The highest BCUT2D eigenvalue weighted by molar-refractivity contribution is 5.90. The van der Waals surface area contributed by atoms with Gasteiger partial charge in [0.25, 0.3) is 5.56 Å². The number of amides is 1. The van der Waals surface area contributed by atoms with Gasteiger partial charge in [0, 0.05) is 17.8 Å². The largest absolute Gasteiger partial charge is 0.478 e. The smallest absolute Gasteiger partial charge is 0.337 e. The minimum Gasteiger partial charge on any atom is -0.478 e. The second-order valence-corrected chi connectivity index (χ2v) is 4.86. The summed E-state index contributed by atoms with van der Waals surface area (Å²) in [7, 11) is 0. The molecule has 1 aromatic rings. The first kappa shape index (κ1) is 13.3. The SMILES string of the molecule is Cc1cc(=O)n(CC(=O)NC2CC2)c(C)c1C(=O)O. The lowest BCUT2D eigenvalue weighted by Gasteiger charge is -2.13. The van der Waals surface area contributed by atoms with Crippen LogP contribution in [0, 0.1) is 13.8 Å². The molecule has 2 N–H and O–H groups in total. The predicted molar refractivity (Wildman–Crippen MR) is 68.3 cm³/mol. The van der Waals surface area contributed by atoms with E-state index < -0.39 is 5.97 Å². The van der Waals surface area contributed by atoms with E-state index in [9.17, 15) is 14.4 Å². The van der Waals surface area contributed by atoms with E-state index in [0.29, 0.717) is 11.3 Å². The maximum Gasteiger partial charge on any atom is 0.337 e. The highest BCUT2D eigenvalue weighted by atomic mass is 16.4. The number of nitrogens with zero attached hydrogens (tertiary/aromatic N) is 1. The Morgan fingerprint density at radius 2 is 2.05 bits per heavy atom. The minimum absolute atomic E-state index is 0.0822. The second kappa shape index (κ2) is 4.87. The molecular formula is C13H16N2O4. The fourth-order valence-corrected chi connectivity index (χ4v) is 2.09. The van der Waals surface area contributed by atoms with Crippen LogP contribution in [0.1, 0.15) is 34.5 Å². The Kier molecular flexibility index (Phi) is 3.42. The molecule has 1 fully saturated rings. The topological polar surface area (TPSA) is 88.4 Å². The van der Waals surface area contributed by atoms with Gasteiger partial charge in [-0.05, 0) is 32.3 Å². The fraction of sp³-hybridized carbons (Fsp3) is 0.462. The van der Waals surface area contributed by atoms with Crippen molar-refractivity contribution in [3.05, 3.63) is 33.2 Å². The number of carbonyl (C=O) groups excluding carboxylic acids is 1. The van der Waals surface area contributed by atoms with Crippen LogP contribution in [0.5, 0.6) is 0 Å². The molecule has 1 aromatic heterocycles. The van der Waals surface area contributed by atoms with Crippen molar-refractivity contribution < 1.29 is 14.7 Å². The van der Waals surface area contributed by atoms with Crippen LogP contribution < -0.4 is 10.9 Å². The highest BCUT2D eigenvalue weighted by Gasteiger charge is 2.24. The third-order valence-electron chi connectivity index (χ3n) is 3.23. The molecule has 1 amide bonds. The van der Waals surface area contributed by atoms with E-state index in [-0.39, 0.29) is 29.6 Å². The molecule has 0 aliphatic heterocycles. The lowest BCUT2D eigenvalue weighted by Crippen LogP contribution is -2.35. The summed E-state index contributed by atoms with van der Waals surface area (Å²) in [5, 5.41) is 11.9. The van der Waals surface area contributed by atoms with E-state index in [2.05, 4.69) is 5.32 Å². The van der Waals surface area contributed by atoms with Crippen molar-refractivity contribution in [1.29, 1.82) is 0 Å². The zero-order valence-corrected chi connectivity index (χ0v) is 10.9. The molecule has 1 heterocycles. The molecule has 0 atom stereocenters. The average Bonchev–Trinajstić information content (AvgIpc) is 3.07. The standard InChI is InChI=1S/C13H16N2O4/c1-7-5-11(17)15(8(2)12(7)13(18)19)6-10(16)14-9-3-4-9/h5,9H,3-4,6H2,1-2H3,(H,14,16)(H,18,19). The van der Waals surface area contributed by atoms with E-state index in [1.165, 1.54) is 10.6 Å². The number of hydrogen-bond donors (Lipinski definition) is 2. The summed E-state index contributed by atoms with van der Waals surface area (Å²) in [5.41, 5.74) is 0.446. The summed E-state index contributed by atoms with van der Waals surface area (Å²) in [5.74, 6) is -1.35. The molecule has 0 saturated heterocycles. The van der Waals surface area contributed by atoms with Crippen LogP contribution in [0.15, 0.2) is 10.9 Å². The van der Waals surface area contributed by atoms with Gasteiger partial charge < -0.3 is 15.0 Å². The van der Waals surface area contributed by atoms with Gasteiger partial charge in [-0.3, -0.25) is 9.59 Å². The number of rotatable bonds is 4.